The van der Waals surface area contributed by atoms with E-state index in [-0.39, 0.29) is 0 Å². The number of carbonyl (C=O) groups is 1. The Bertz CT molecular complexity index is 496. The fourth-order valence-corrected chi connectivity index (χ4v) is 2.90. The van der Waals surface area contributed by atoms with E-state index in [0.29, 0.717) is 11.4 Å². The Labute approximate surface area is 112 Å². The predicted octanol–water partition coefficient (Wildman–Crippen LogP) is 1.07. The summed E-state index contributed by atoms with van der Waals surface area (Å²) in [7, 11) is 0. The van der Waals surface area contributed by atoms with E-state index in [2.05, 4.69) is 15.2 Å². The number of pyridine rings is 1. The van der Waals surface area contributed by atoms with Crippen LogP contribution in [0.25, 0.3) is 0 Å². The molecular weight excluding hydrogens is 242 g/mol. The van der Waals surface area contributed by atoms with Crippen LogP contribution in [0, 0.1) is 0 Å². The van der Waals surface area contributed by atoms with E-state index in [1.807, 2.05) is 6.07 Å². The number of aromatic carboxylic acids is 1. The molecule has 19 heavy (non-hydrogen) atoms. The molecule has 0 unspecified atom stereocenters. The smallest absolute Gasteiger partial charge is 0.339 e. The van der Waals surface area contributed by atoms with Crippen LogP contribution < -0.4 is 10.2 Å². The van der Waals surface area contributed by atoms with Gasteiger partial charge >= 0.3 is 5.97 Å². The first kappa shape index (κ1) is 12.4. The molecule has 0 aromatic carbocycles. The normalized spacial score (nSPS) is 19.1. The van der Waals surface area contributed by atoms with Crippen LogP contribution in [0.2, 0.25) is 0 Å². The van der Waals surface area contributed by atoms with Gasteiger partial charge in [0.05, 0.1) is 0 Å². The lowest BCUT2D eigenvalue weighted by molar-refractivity contribution is 0.0697. The summed E-state index contributed by atoms with van der Waals surface area (Å²) in [5.41, 5.74) is 2.59. The molecule has 102 valence electrons. The van der Waals surface area contributed by atoms with Gasteiger partial charge in [-0.05, 0) is 37.3 Å². The third-order valence-corrected chi connectivity index (χ3v) is 3.93. The molecule has 0 amide bonds. The number of carboxylic acids is 1. The molecular formula is C14H19N3O2. The number of anilines is 1. The maximum atomic E-state index is 11.5. The summed E-state index contributed by atoms with van der Waals surface area (Å²) in [4.78, 5) is 18.2. The monoisotopic (exact) mass is 261 g/mol. The number of rotatable bonds is 2. The average molecular weight is 261 g/mol. The third kappa shape index (κ3) is 2.42. The molecule has 0 radical (unpaired) electrons. The second-order valence-corrected chi connectivity index (χ2v) is 5.21. The highest BCUT2D eigenvalue weighted by molar-refractivity contribution is 5.93. The second-order valence-electron chi connectivity index (χ2n) is 5.21. The Balaban J connectivity index is 2.02. The van der Waals surface area contributed by atoms with E-state index < -0.39 is 5.97 Å². The number of fused-ring (bicyclic) bond motifs is 1. The molecule has 0 saturated carbocycles. The third-order valence-electron chi connectivity index (χ3n) is 3.93. The predicted molar refractivity (Wildman–Crippen MR) is 72.9 cm³/mol. The Morgan fingerprint density at radius 2 is 2.00 bits per heavy atom. The first-order valence-electron chi connectivity index (χ1n) is 6.97. The van der Waals surface area contributed by atoms with E-state index >= 15 is 0 Å². The van der Waals surface area contributed by atoms with Crippen molar-refractivity contribution >= 4 is 11.8 Å². The minimum Gasteiger partial charge on any atom is -0.478 e. The molecule has 3 rings (SSSR count). The zero-order valence-electron chi connectivity index (χ0n) is 11.0. The van der Waals surface area contributed by atoms with Crippen molar-refractivity contribution in [3.8, 4) is 0 Å². The Morgan fingerprint density at radius 3 is 2.74 bits per heavy atom. The summed E-state index contributed by atoms with van der Waals surface area (Å²) in [6, 6.07) is 1.85. The fraction of sp³-hybridized carbons (Fsp3) is 0.571. The van der Waals surface area contributed by atoms with E-state index in [9.17, 15) is 9.90 Å². The Morgan fingerprint density at radius 1 is 1.26 bits per heavy atom. The molecule has 2 heterocycles. The lowest BCUT2D eigenvalue weighted by Crippen LogP contribution is -2.44. The molecule has 1 aromatic heterocycles. The number of carboxylic acid groups (broad SMARTS) is 1. The zero-order valence-corrected chi connectivity index (χ0v) is 11.0. The van der Waals surface area contributed by atoms with Crippen LogP contribution in [0.1, 0.15) is 34.5 Å². The number of piperazine rings is 1. The van der Waals surface area contributed by atoms with Crippen molar-refractivity contribution in [1.29, 1.82) is 0 Å². The van der Waals surface area contributed by atoms with Gasteiger partial charge in [-0.1, -0.05) is 0 Å². The van der Waals surface area contributed by atoms with Gasteiger partial charge in [0.1, 0.15) is 11.4 Å². The fourth-order valence-electron chi connectivity index (χ4n) is 2.90. The van der Waals surface area contributed by atoms with Crippen LogP contribution >= 0.6 is 0 Å². The van der Waals surface area contributed by atoms with Crippen molar-refractivity contribution in [2.24, 2.45) is 0 Å². The van der Waals surface area contributed by atoms with Crippen LogP contribution in [-0.4, -0.2) is 42.2 Å². The van der Waals surface area contributed by atoms with Crippen LogP contribution in [0.3, 0.4) is 0 Å². The molecule has 1 saturated heterocycles. The molecule has 1 aliphatic heterocycles. The minimum absolute atomic E-state index is 0.363. The molecule has 2 N–H and O–H groups in total. The first-order valence-corrected chi connectivity index (χ1v) is 6.97. The van der Waals surface area contributed by atoms with Crippen LogP contribution in [0.4, 0.5) is 5.82 Å². The number of nitrogens with zero attached hydrogens (tertiary/aromatic N) is 2. The van der Waals surface area contributed by atoms with Gasteiger partial charge < -0.3 is 15.3 Å². The molecule has 5 heteroatoms. The summed E-state index contributed by atoms with van der Waals surface area (Å²) >= 11 is 0. The lowest BCUT2D eigenvalue weighted by atomic mass is 9.94. The van der Waals surface area contributed by atoms with E-state index in [4.69, 9.17) is 0 Å². The van der Waals surface area contributed by atoms with Gasteiger partial charge in [-0.2, -0.15) is 0 Å². The highest BCUT2D eigenvalue weighted by atomic mass is 16.4. The van der Waals surface area contributed by atoms with Crippen molar-refractivity contribution in [3.63, 3.8) is 0 Å². The summed E-state index contributed by atoms with van der Waals surface area (Å²) in [6.07, 6.45) is 4.24. The lowest BCUT2D eigenvalue weighted by Gasteiger charge is -2.30. The van der Waals surface area contributed by atoms with Crippen molar-refractivity contribution in [2.75, 3.05) is 31.1 Å². The van der Waals surface area contributed by atoms with Crippen molar-refractivity contribution in [2.45, 2.75) is 25.7 Å². The number of hydrogen-bond acceptors (Lipinski definition) is 4. The maximum absolute atomic E-state index is 11.5. The zero-order chi connectivity index (χ0) is 13.2. The van der Waals surface area contributed by atoms with E-state index in [1.54, 1.807) is 0 Å². The quantitative estimate of drug-likeness (QED) is 0.833. The number of nitrogens with one attached hydrogen (secondary N) is 1. The summed E-state index contributed by atoms with van der Waals surface area (Å²) < 4.78 is 0. The Hall–Kier alpha value is -1.62. The van der Waals surface area contributed by atoms with E-state index in [0.717, 1.165) is 63.1 Å². The van der Waals surface area contributed by atoms with E-state index in [1.165, 1.54) is 0 Å². The number of hydrogen-bond donors (Lipinski definition) is 2. The van der Waals surface area contributed by atoms with Crippen LogP contribution in [0.5, 0.6) is 0 Å². The van der Waals surface area contributed by atoms with Gasteiger partial charge in [0.25, 0.3) is 0 Å². The average Bonchev–Trinajstić information content (AvgIpc) is 2.46. The molecule has 0 spiro atoms. The molecule has 1 aromatic rings. The molecule has 5 nitrogen and oxygen atoms in total. The second kappa shape index (κ2) is 5.17. The van der Waals surface area contributed by atoms with Crippen molar-refractivity contribution in [3.05, 3.63) is 22.9 Å². The molecule has 0 atom stereocenters. The summed E-state index contributed by atoms with van der Waals surface area (Å²) in [6.45, 7) is 3.42. The number of aromatic nitrogens is 1. The highest BCUT2D eigenvalue weighted by Crippen LogP contribution is 2.27. The molecule has 2 aliphatic rings. The van der Waals surface area contributed by atoms with Gasteiger partial charge in [0.15, 0.2) is 0 Å². The first-order chi connectivity index (χ1) is 9.25. The Kier molecular flexibility index (Phi) is 3.38. The highest BCUT2D eigenvalue weighted by Gasteiger charge is 2.23. The van der Waals surface area contributed by atoms with Crippen LogP contribution in [-0.2, 0) is 12.8 Å². The van der Waals surface area contributed by atoms with Gasteiger partial charge in [-0.15, -0.1) is 0 Å². The SMILES string of the molecule is O=C(O)c1cc2c(nc1N1CCNCC1)CCCC2. The number of aryl methyl sites for hydroxylation is 2. The molecule has 0 bridgehead atoms. The van der Waals surface area contributed by atoms with Gasteiger partial charge in [0, 0.05) is 31.9 Å². The topological polar surface area (TPSA) is 65.5 Å². The van der Waals surface area contributed by atoms with Crippen molar-refractivity contribution < 1.29 is 9.90 Å². The summed E-state index contributed by atoms with van der Waals surface area (Å²) in [5.74, 6) is -0.205. The van der Waals surface area contributed by atoms with Crippen molar-refractivity contribution in [1.82, 2.24) is 10.3 Å². The van der Waals surface area contributed by atoms with Gasteiger partial charge in [0.2, 0.25) is 0 Å². The van der Waals surface area contributed by atoms with Crippen LogP contribution in [0.15, 0.2) is 6.07 Å². The standard InChI is InChI=1S/C14H19N3O2/c18-14(19)11-9-10-3-1-2-4-12(10)16-13(11)17-7-5-15-6-8-17/h9,15H,1-8H2,(H,18,19). The maximum Gasteiger partial charge on any atom is 0.339 e. The van der Waals surface area contributed by atoms with Gasteiger partial charge in [-0.25, -0.2) is 9.78 Å². The molecule has 1 aliphatic carbocycles. The summed E-state index contributed by atoms with van der Waals surface area (Å²) in [5, 5.41) is 12.7. The minimum atomic E-state index is -0.866. The molecule has 1 fully saturated rings. The largest absolute Gasteiger partial charge is 0.478 e. The van der Waals surface area contributed by atoms with Gasteiger partial charge in [-0.3, -0.25) is 0 Å².